The van der Waals surface area contributed by atoms with Gasteiger partial charge in [0.05, 0.1) is 21.7 Å². The first kappa shape index (κ1) is 21.4. The molecule has 2 aromatic heterocycles. The zero-order chi connectivity index (χ0) is 24.3. The van der Waals surface area contributed by atoms with Crippen molar-refractivity contribution in [2.45, 2.75) is 20.8 Å². The number of nitrogens with zero attached hydrogens (tertiary/aromatic N) is 2. The highest BCUT2D eigenvalue weighted by Gasteiger charge is 2.33. The van der Waals surface area contributed by atoms with E-state index in [1.54, 1.807) is 29.5 Å². The van der Waals surface area contributed by atoms with Crippen LogP contribution in [-0.4, -0.2) is 21.1 Å². The Labute approximate surface area is 207 Å². The average molecular weight is 475 g/mol. The van der Waals surface area contributed by atoms with Crippen LogP contribution in [0.25, 0.3) is 32.7 Å². The molecule has 0 saturated heterocycles. The summed E-state index contributed by atoms with van der Waals surface area (Å²) < 4.78 is 3.09. The van der Waals surface area contributed by atoms with Gasteiger partial charge >= 0.3 is 0 Å². The van der Waals surface area contributed by atoms with Crippen LogP contribution in [0.15, 0.2) is 78.4 Å². The lowest BCUT2D eigenvalue weighted by Crippen LogP contribution is -2.05. The van der Waals surface area contributed by atoms with Gasteiger partial charge in [0.15, 0.2) is 17.2 Å². The molecule has 170 valence electrons. The summed E-state index contributed by atoms with van der Waals surface area (Å²) in [5.41, 5.74) is 8.00. The standard InChI is InChI=1S/C30H22N2O2S/c1-17-12-13-22-23(14-17)28(34)24(27(22)33)15-21-16-25-29(31-30(35-25)20-10-5-4-6-11-20)32(21)26-18(2)8-7-9-19(26)3/h4-16H,1-3H3/b24-15-. The Morgan fingerprint density at radius 2 is 1.51 bits per heavy atom. The second-order valence-electron chi connectivity index (χ2n) is 8.98. The number of carbonyl (C=O) groups excluding carboxylic acids is 2. The molecule has 0 bridgehead atoms. The molecule has 0 amide bonds. The fourth-order valence-corrected chi connectivity index (χ4v) is 5.82. The molecule has 0 fully saturated rings. The summed E-state index contributed by atoms with van der Waals surface area (Å²) in [4.78, 5) is 31.4. The van der Waals surface area contributed by atoms with Gasteiger partial charge in [-0.3, -0.25) is 14.2 Å². The van der Waals surface area contributed by atoms with Crippen molar-refractivity contribution in [2.75, 3.05) is 0 Å². The monoisotopic (exact) mass is 474 g/mol. The van der Waals surface area contributed by atoms with Gasteiger partial charge in [0.1, 0.15) is 5.01 Å². The highest BCUT2D eigenvalue weighted by Crippen LogP contribution is 2.37. The summed E-state index contributed by atoms with van der Waals surface area (Å²) in [5, 5.41) is 0.936. The number of ketones is 2. The predicted molar refractivity (Wildman–Crippen MR) is 142 cm³/mol. The Kier molecular flexibility index (Phi) is 4.90. The Morgan fingerprint density at radius 1 is 0.800 bits per heavy atom. The third-order valence-electron chi connectivity index (χ3n) is 6.51. The molecule has 0 atom stereocenters. The van der Waals surface area contributed by atoms with E-state index < -0.39 is 0 Å². The Balaban J connectivity index is 1.59. The van der Waals surface area contributed by atoms with E-state index in [0.29, 0.717) is 11.1 Å². The summed E-state index contributed by atoms with van der Waals surface area (Å²) in [5.74, 6) is -0.440. The number of benzene rings is 3. The van der Waals surface area contributed by atoms with E-state index in [1.807, 2.05) is 43.3 Å². The molecule has 5 aromatic rings. The van der Waals surface area contributed by atoms with Gasteiger partial charge in [-0.15, -0.1) is 11.3 Å². The number of hydrogen-bond acceptors (Lipinski definition) is 4. The Morgan fingerprint density at radius 3 is 2.26 bits per heavy atom. The van der Waals surface area contributed by atoms with Gasteiger partial charge in [-0.2, -0.15) is 0 Å². The van der Waals surface area contributed by atoms with Crippen molar-refractivity contribution >= 4 is 39.3 Å². The smallest absolute Gasteiger partial charge is 0.197 e. The van der Waals surface area contributed by atoms with Crippen molar-refractivity contribution in [3.8, 4) is 16.3 Å². The van der Waals surface area contributed by atoms with E-state index in [9.17, 15) is 9.59 Å². The van der Waals surface area contributed by atoms with Crippen LogP contribution < -0.4 is 0 Å². The minimum Gasteiger partial charge on any atom is -0.293 e. The summed E-state index contributed by atoms with van der Waals surface area (Å²) in [6, 6.07) is 23.7. The average Bonchev–Trinajstić information content (AvgIpc) is 3.47. The molecule has 5 heteroatoms. The summed E-state index contributed by atoms with van der Waals surface area (Å²) in [6.07, 6.45) is 1.74. The van der Waals surface area contributed by atoms with Crippen molar-refractivity contribution in [2.24, 2.45) is 0 Å². The maximum Gasteiger partial charge on any atom is 0.197 e. The molecule has 4 nitrogen and oxygen atoms in total. The first-order chi connectivity index (χ1) is 16.9. The van der Waals surface area contributed by atoms with Crippen LogP contribution in [0.1, 0.15) is 43.1 Å². The lowest BCUT2D eigenvalue weighted by atomic mass is 10.1. The van der Waals surface area contributed by atoms with E-state index in [4.69, 9.17) is 4.98 Å². The van der Waals surface area contributed by atoms with Crippen molar-refractivity contribution in [1.29, 1.82) is 0 Å². The van der Waals surface area contributed by atoms with Crippen LogP contribution in [0.3, 0.4) is 0 Å². The predicted octanol–water partition coefficient (Wildman–Crippen LogP) is 7.14. The molecule has 0 radical (unpaired) electrons. The highest BCUT2D eigenvalue weighted by atomic mass is 32.1. The van der Waals surface area contributed by atoms with Gasteiger partial charge in [0, 0.05) is 16.7 Å². The molecule has 35 heavy (non-hydrogen) atoms. The van der Waals surface area contributed by atoms with Crippen molar-refractivity contribution < 1.29 is 9.59 Å². The molecule has 6 rings (SSSR count). The van der Waals surface area contributed by atoms with Crippen molar-refractivity contribution in [3.05, 3.63) is 112 Å². The number of aromatic nitrogens is 2. The molecule has 3 aromatic carbocycles. The van der Waals surface area contributed by atoms with Gasteiger partial charge in [-0.25, -0.2) is 4.98 Å². The number of Topliss-reactive ketones (excluding diaryl/α,β-unsaturated/α-hetero) is 2. The summed E-state index contributed by atoms with van der Waals surface area (Å²) >= 11 is 1.61. The number of hydrogen-bond donors (Lipinski definition) is 0. The molecule has 2 heterocycles. The SMILES string of the molecule is Cc1ccc2c(c1)C(=O)/C(=C\c1cc3sc(-c4ccccc4)nc3n1-c1c(C)cccc1C)C2=O. The minimum absolute atomic E-state index is 0.200. The van der Waals surface area contributed by atoms with Gasteiger partial charge in [0.2, 0.25) is 0 Å². The number of fused-ring (bicyclic) bond motifs is 2. The van der Waals surface area contributed by atoms with Crippen LogP contribution in [0.5, 0.6) is 0 Å². The van der Waals surface area contributed by atoms with Crippen LogP contribution in [0, 0.1) is 20.8 Å². The van der Waals surface area contributed by atoms with Gasteiger partial charge in [-0.05, 0) is 50.1 Å². The van der Waals surface area contributed by atoms with Crippen LogP contribution in [0.2, 0.25) is 0 Å². The second kappa shape index (κ2) is 8.00. The van der Waals surface area contributed by atoms with Gasteiger partial charge in [-0.1, -0.05) is 66.2 Å². The van der Waals surface area contributed by atoms with E-state index in [-0.39, 0.29) is 17.1 Å². The molecule has 1 aliphatic carbocycles. The fraction of sp³-hybridized carbons (Fsp3) is 0.100. The number of rotatable bonds is 3. The minimum atomic E-state index is -0.222. The second-order valence-corrected chi connectivity index (χ2v) is 10.0. The lowest BCUT2D eigenvalue weighted by Gasteiger charge is -2.14. The number of thiazole rings is 1. The third-order valence-corrected chi connectivity index (χ3v) is 7.55. The number of para-hydroxylation sites is 1. The van der Waals surface area contributed by atoms with E-state index in [0.717, 1.165) is 49.0 Å². The molecule has 0 spiro atoms. The maximum atomic E-state index is 13.2. The lowest BCUT2D eigenvalue weighted by molar-refractivity contribution is 0.0990. The number of aryl methyl sites for hydroxylation is 3. The van der Waals surface area contributed by atoms with Crippen molar-refractivity contribution in [3.63, 3.8) is 0 Å². The van der Waals surface area contributed by atoms with Gasteiger partial charge < -0.3 is 0 Å². The molecule has 0 N–H and O–H groups in total. The van der Waals surface area contributed by atoms with Gasteiger partial charge in [0.25, 0.3) is 0 Å². The zero-order valence-corrected chi connectivity index (χ0v) is 20.4. The highest BCUT2D eigenvalue weighted by molar-refractivity contribution is 7.21. The zero-order valence-electron chi connectivity index (χ0n) is 19.6. The Bertz CT molecular complexity index is 1680. The topological polar surface area (TPSA) is 52.0 Å². The number of carbonyl (C=O) groups is 2. The molecular formula is C30H22N2O2S. The van der Waals surface area contributed by atoms with Crippen LogP contribution in [0.4, 0.5) is 0 Å². The van der Waals surface area contributed by atoms with Crippen molar-refractivity contribution in [1.82, 2.24) is 9.55 Å². The summed E-state index contributed by atoms with van der Waals surface area (Å²) in [6.45, 7) is 6.07. The molecular weight excluding hydrogens is 452 g/mol. The normalized spacial score (nSPS) is 14.3. The van der Waals surface area contributed by atoms with Crippen LogP contribution in [-0.2, 0) is 0 Å². The largest absolute Gasteiger partial charge is 0.293 e. The van der Waals surface area contributed by atoms with E-state index in [2.05, 4.69) is 42.7 Å². The van der Waals surface area contributed by atoms with Crippen LogP contribution >= 0.6 is 11.3 Å². The summed E-state index contributed by atoms with van der Waals surface area (Å²) in [7, 11) is 0. The molecule has 1 aliphatic rings. The van der Waals surface area contributed by atoms with E-state index in [1.165, 1.54) is 0 Å². The Hall–Kier alpha value is -4.09. The third kappa shape index (κ3) is 3.39. The van der Waals surface area contributed by atoms with E-state index >= 15 is 0 Å². The first-order valence-electron chi connectivity index (χ1n) is 11.5. The molecule has 0 aliphatic heterocycles. The maximum absolute atomic E-state index is 13.2. The molecule has 0 unspecified atom stereocenters. The first-order valence-corrected chi connectivity index (χ1v) is 12.3. The molecule has 0 saturated carbocycles. The number of allylic oxidation sites excluding steroid dienone is 1. The quantitative estimate of drug-likeness (QED) is 0.206. The fourth-order valence-electron chi connectivity index (χ4n) is 4.82.